The maximum Gasteiger partial charge on any atom is 0.124 e. The summed E-state index contributed by atoms with van der Waals surface area (Å²) in [6, 6.07) is 8.88. The molecule has 0 aliphatic rings. The van der Waals surface area contributed by atoms with E-state index >= 15 is 0 Å². The molecule has 19 heavy (non-hydrogen) atoms. The average Bonchev–Trinajstić information content (AvgIpc) is 2.80. The minimum atomic E-state index is -0.204. The highest BCUT2D eigenvalue weighted by Crippen LogP contribution is 2.24. The van der Waals surface area contributed by atoms with E-state index in [1.165, 1.54) is 10.9 Å². The highest BCUT2D eigenvalue weighted by molar-refractivity contribution is 9.10. The summed E-state index contributed by atoms with van der Waals surface area (Å²) >= 11 is 6.75. The van der Waals surface area contributed by atoms with Gasteiger partial charge in [0.05, 0.1) is 0 Å². The van der Waals surface area contributed by atoms with Gasteiger partial charge in [-0.25, -0.2) is 4.39 Å². The van der Waals surface area contributed by atoms with Crippen LogP contribution < -0.4 is 11.3 Å². The number of nitrogens with two attached hydrogens (primary N) is 1. The molecule has 1 atom stereocenters. The summed E-state index contributed by atoms with van der Waals surface area (Å²) in [5, 5.41) is 2.06. The number of halogens is 2. The van der Waals surface area contributed by atoms with Gasteiger partial charge in [0, 0.05) is 31.4 Å². The SMILES string of the molecule is NNC(CSc1cccc(F)c1)Cc1cc(Br)cs1. The fourth-order valence-electron chi connectivity index (χ4n) is 1.62. The van der Waals surface area contributed by atoms with Crippen LogP contribution in [0.25, 0.3) is 0 Å². The molecule has 1 aromatic heterocycles. The summed E-state index contributed by atoms with van der Waals surface area (Å²) in [5.41, 5.74) is 2.82. The maximum absolute atomic E-state index is 13.1. The van der Waals surface area contributed by atoms with Crippen LogP contribution in [0.5, 0.6) is 0 Å². The lowest BCUT2D eigenvalue weighted by atomic mass is 10.2. The summed E-state index contributed by atoms with van der Waals surface area (Å²) in [7, 11) is 0. The number of benzene rings is 1. The topological polar surface area (TPSA) is 38.0 Å². The lowest BCUT2D eigenvalue weighted by Gasteiger charge is -2.14. The van der Waals surface area contributed by atoms with Gasteiger partial charge >= 0.3 is 0 Å². The Bertz CT molecular complexity index is 533. The van der Waals surface area contributed by atoms with Crippen LogP contribution in [0.4, 0.5) is 4.39 Å². The first kappa shape index (κ1) is 15.0. The summed E-state index contributed by atoms with van der Waals surface area (Å²) < 4.78 is 14.2. The second-order valence-corrected chi connectivity index (χ2v) is 7.07. The van der Waals surface area contributed by atoms with Crippen molar-refractivity contribution in [3.63, 3.8) is 0 Å². The first-order valence-electron chi connectivity index (χ1n) is 5.75. The Balaban J connectivity index is 1.89. The van der Waals surface area contributed by atoms with Crippen LogP contribution in [-0.4, -0.2) is 11.8 Å². The number of nitrogens with one attached hydrogen (secondary N) is 1. The summed E-state index contributed by atoms with van der Waals surface area (Å²) in [6.07, 6.45) is 0.870. The van der Waals surface area contributed by atoms with E-state index in [9.17, 15) is 4.39 Å². The zero-order valence-electron chi connectivity index (χ0n) is 10.1. The van der Waals surface area contributed by atoms with Gasteiger partial charge in [0.2, 0.25) is 0 Å². The maximum atomic E-state index is 13.1. The third-order valence-electron chi connectivity index (χ3n) is 2.55. The van der Waals surface area contributed by atoms with Crippen molar-refractivity contribution >= 4 is 39.0 Å². The molecule has 0 spiro atoms. The van der Waals surface area contributed by atoms with E-state index in [1.54, 1.807) is 35.2 Å². The van der Waals surface area contributed by atoms with Crippen molar-refractivity contribution in [2.24, 2.45) is 5.84 Å². The summed E-state index contributed by atoms with van der Waals surface area (Å²) in [4.78, 5) is 2.20. The van der Waals surface area contributed by atoms with E-state index in [0.717, 1.165) is 21.5 Å². The number of thiophene rings is 1. The number of hydrogen-bond donors (Lipinski definition) is 2. The van der Waals surface area contributed by atoms with Crippen molar-refractivity contribution < 1.29 is 4.39 Å². The van der Waals surface area contributed by atoms with Gasteiger partial charge < -0.3 is 0 Å². The molecule has 0 saturated heterocycles. The Morgan fingerprint density at radius 3 is 2.89 bits per heavy atom. The molecule has 0 saturated carbocycles. The molecular weight excluding hydrogens is 347 g/mol. The lowest BCUT2D eigenvalue weighted by Crippen LogP contribution is -2.38. The Kier molecular flexibility index (Phi) is 5.84. The van der Waals surface area contributed by atoms with Gasteiger partial charge in [0.1, 0.15) is 5.82 Å². The van der Waals surface area contributed by atoms with Crippen molar-refractivity contribution in [2.45, 2.75) is 17.4 Å². The first-order valence-corrected chi connectivity index (χ1v) is 8.40. The molecule has 0 fully saturated rings. The van der Waals surface area contributed by atoms with Crippen LogP contribution >= 0.6 is 39.0 Å². The molecule has 0 aliphatic carbocycles. The molecule has 2 nitrogen and oxygen atoms in total. The van der Waals surface area contributed by atoms with E-state index in [-0.39, 0.29) is 11.9 Å². The molecule has 1 aromatic carbocycles. The van der Waals surface area contributed by atoms with Gasteiger partial charge in [-0.1, -0.05) is 6.07 Å². The molecule has 2 rings (SSSR count). The molecular formula is C13H14BrFN2S2. The average molecular weight is 361 g/mol. The Morgan fingerprint density at radius 2 is 2.26 bits per heavy atom. The molecule has 102 valence electrons. The zero-order chi connectivity index (χ0) is 13.7. The molecule has 1 unspecified atom stereocenters. The lowest BCUT2D eigenvalue weighted by molar-refractivity contribution is 0.579. The van der Waals surface area contributed by atoms with Crippen molar-refractivity contribution in [2.75, 3.05) is 5.75 Å². The minimum Gasteiger partial charge on any atom is -0.271 e. The summed E-state index contributed by atoms with van der Waals surface area (Å²) in [5.74, 6) is 6.17. The van der Waals surface area contributed by atoms with E-state index in [1.807, 2.05) is 6.07 Å². The summed E-state index contributed by atoms with van der Waals surface area (Å²) in [6.45, 7) is 0. The van der Waals surface area contributed by atoms with Crippen LogP contribution in [0, 0.1) is 5.82 Å². The van der Waals surface area contributed by atoms with Crippen molar-refractivity contribution in [3.8, 4) is 0 Å². The Hall–Kier alpha value is -0.400. The molecule has 6 heteroatoms. The van der Waals surface area contributed by atoms with Gasteiger partial charge in [-0.15, -0.1) is 23.1 Å². The molecule has 0 bridgehead atoms. The molecule has 0 radical (unpaired) electrons. The standard InChI is InChI=1S/C13H14BrFN2S2/c14-9-4-13(18-7-9)6-11(17-16)8-19-12-3-1-2-10(15)5-12/h1-5,7,11,17H,6,8,16H2. The van der Waals surface area contributed by atoms with Gasteiger partial charge in [-0.2, -0.15) is 0 Å². The van der Waals surface area contributed by atoms with Gasteiger partial charge in [-0.05, 0) is 46.6 Å². The third kappa shape index (κ3) is 4.89. The van der Waals surface area contributed by atoms with Crippen LogP contribution in [0.1, 0.15) is 4.88 Å². The van der Waals surface area contributed by atoms with Crippen LogP contribution in [0.2, 0.25) is 0 Å². The Labute approximate surface area is 128 Å². The highest BCUT2D eigenvalue weighted by Gasteiger charge is 2.10. The van der Waals surface area contributed by atoms with Crippen molar-refractivity contribution in [3.05, 3.63) is 50.9 Å². The fourth-order valence-corrected chi connectivity index (χ4v) is 4.13. The normalized spacial score (nSPS) is 12.6. The van der Waals surface area contributed by atoms with Gasteiger partial charge in [0.15, 0.2) is 0 Å². The van der Waals surface area contributed by atoms with Crippen molar-refractivity contribution in [1.29, 1.82) is 0 Å². The molecule has 3 N–H and O–H groups in total. The molecule has 2 aromatic rings. The van der Waals surface area contributed by atoms with Crippen molar-refractivity contribution in [1.82, 2.24) is 5.43 Å². The quantitative estimate of drug-likeness (QED) is 0.467. The van der Waals surface area contributed by atoms with Crippen LogP contribution in [0.3, 0.4) is 0 Å². The monoisotopic (exact) mass is 360 g/mol. The number of rotatable bonds is 6. The fraction of sp³-hybridized carbons (Fsp3) is 0.231. The third-order valence-corrected chi connectivity index (χ3v) is 5.43. The second kappa shape index (κ2) is 7.40. The minimum absolute atomic E-state index is 0.166. The Morgan fingerprint density at radius 1 is 1.42 bits per heavy atom. The van der Waals surface area contributed by atoms with E-state index in [2.05, 4.69) is 32.8 Å². The zero-order valence-corrected chi connectivity index (χ0v) is 13.3. The van der Waals surface area contributed by atoms with Crippen LogP contribution in [-0.2, 0) is 6.42 Å². The van der Waals surface area contributed by atoms with E-state index in [4.69, 9.17) is 5.84 Å². The highest BCUT2D eigenvalue weighted by atomic mass is 79.9. The first-order chi connectivity index (χ1) is 9.17. The van der Waals surface area contributed by atoms with E-state index in [0.29, 0.717) is 0 Å². The molecule has 1 heterocycles. The molecule has 0 aliphatic heterocycles. The number of thioether (sulfide) groups is 1. The predicted molar refractivity (Wildman–Crippen MR) is 84.0 cm³/mol. The second-order valence-electron chi connectivity index (χ2n) is 4.07. The molecule has 0 amide bonds. The smallest absolute Gasteiger partial charge is 0.124 e. The van der Waals surface area contributed by atoms with Gasteiger partial charge in [-0.3, -0.25) is 11.3 Å². The van der Waals surface area contributed by atoms with Crippen LogP contribution in [0.15, 0.2) is 45.1 Å². The predicted octanol–water partition coefficient (Wildman–Crippen LogP) is 3.82. The van der Waals surface area contributed by atoms with E-state index < -0.39 is 0 Å². The van der Waals surface area contributed by atoms with Gasteiger partial charge in [0.25, 0.3) is 0 Å². The number of hydrazine groups is 1. The largest absolute Gasteiger partial charge is 0.271 e. The number of hydrogen-bond acceptors (Lipinski definition) is 4.